The van der Waals surface area contributed by atoms with E-state index in [0.29, 0.717) is 23.6 Å². The molecule has 0 bridgehead atoms. The van der Waals surface area contributed by atoms with Gasteiger partial charge in [-0.2, -0.15) is 0 Å². The first kappa shape index (κ1) is 21.6. The van der Waals surface area contributed by atoms with E-state index in [1.807, 2.05) is 0 Å². The molecule has 1 amide bonds. The quantitative estimate of drug-likeness (QED) is 0.770. The van der Waals surface area contributed by atoms with Gasteiger partial charge in [0, 0.05) is 24.2 Å². The Labute approximate surface area is 173 Å². The van der Waals surface area contributed by atoms with Crippen LogP contribution in [0.4, 0.5) is 0 Å². The van der Waals surface area contributed by atoms with E-state index in [-0.39, 0.29) is 30.2 Å². The van der Waals surface area contributed by atoms with Gasteiger partial charge in [-0.1, -0.05) is 61.9 Å². The van der Waals surface area contributed by atoms with Gasteiger partial charge in [-0.05, 0) is 37.3 Å². The minimum Gasteiger partial charge on any atom is -0.353 e. The van der Waals surface area contributed by atoms with Gasteiger partial charge in [-0.3, -0.25) is 4.79 Å². The Kier molecular flexibility index (Phi) is 7.77. The second kappa shape index (κ2) is 10.1. The maximum Gasteiger partial charge on any atom is 0.224 e. The van der Waals surface area contributed by atoms with Crippen LogP contribution < -0.4 is 5.32 Å². The molecule has 1 aromatic rings. The van der Waals surface area contributed by atoms with E-state index in [1.54, 1.807) is 24.3 Å². The molecule has 1 saturated carbocycles. The molecule has 7 heteroatoms. The zero-order valence-electron chi connectivity index (χ0n) is 16.4. The van der Waals surface area contributed by atoms with Crippen molar-refractivity contribution >= 4 is 27.5 Å². The lowest BCUT2D eigenvalue weighted by Crippen LogP contribution is -2.47. The average molecular weight is 427 g/mol. The van der Waals surface area contributed by atoms with Gasteiger partial charge >= 0.3 is 0 Å². The lowest BCUT2D eigenvalue weighted by Gasteiger charge is -2.32. The molecule has 3 rings (SSSR count). The number of amides is 1. The summed E-state index contributed by atoms with van der Waals surface area (Å²) < 4.78 is 27.2. The van der Waals surface area contributed by atoms with Crippen molar-refractivity contribution in [2.75, 3.05) is 13.1 Å². The number of carbonyl (C=O) groups is 1. The summed E-state index contributed by atoms with van der Waals surface area (Å²) in [4.78, 5) is 12.8. The fourth-order valence-electron chi connectivity index (χ4n) is 4.23. The molecule has 1 saturated heterocycles. The van der Waals surface area contributed by atoms with Crippen LogP contribution >= 0.6 is 11.6 Å². The molecule has 5 nitrogen and oxygen atoms in total. The maximum atomic E-state index is 12.9. The highest BCUT2D eigenvalue weighted by molar-refractivity contribution is 7.88. The van der Waals surface area contributed by atoms with Gasteiger partial charge in [0.2, 0.25) is 15.9 Å². The predicted octanol–water partition coefficient (Wildman–Crippen LogP) is 4.11. The van der Waals surface area contributed by atoms with Crippen molar-refractivity contribution in [1.29, 1.82) is 0 Å². The number of sulfonamides is 1. The molecule has 1 N–H and O–H groups in total. The first-order valence-corrected chi connectivity index (χ1v) is 12.5. The van der Waals surface area contributed by atoms with Gasteiger partial charge in [0.15, 0.2) is 0 Å². The van der Waals surface area contributed by atoms with E-state index in [2.05, 4.69) is 5.32 Å². The van der Waals surface area contributed by atoms with Crippen LogP contribution in [0.2, 0.25) is 5.02 Å². The Balaban J connectivity index is 1.59. The van der Waals surface area contributed by atoms with Crippen LogP contribution in [0, 0.1) is 5.92 Å². The summed E-state index contributed by atoms with van der Waals surface area (Å²) >= 11 is 6.13. The summed E-state index contributed by atoms with van der Waals surface area (Å²) in [7, 11) is -3.50. The minimum absolute atomic E-state index is 0.0169. The summed E-state index contributed by atoms with van der Waals surface area (Å²) in [5, 5.41) is 3.67. The zero-order valence-corrected chi connectivity index (χ0v) is 18.0. The molecule has 1 atom stereocenters. The van der Waals surface area contributed by atoms with E-state index in [4.69, 9.17) is 11.6 Å². The van der Waals surface area contributed by atoms with Crippen LogP contribution in [-0.2, 0) is 20.6 Å². The normalized spacial score (nSPS) is 23.0. The highest BCUT2D eigenvalue weighted by atomic mass is 35.5. The molecule has 1 aliphatic heterocycles. The molecule has 1 aromatic carbocycles. The predicted molar refractivity (Wildman–Crippen MR) is 113 cm³/mol. The molecular formula is C21H31ClN2O3S. The Morgan fingerprint density at radius 3 is 2.43 bits per heavy atom. The van der Waals surface area contributed by atoms with Crippen LogP contribution in [0.5, 0.6) is 0 Å². The third-order valence-corrected chi connectivity index (χ3v) is 8.06. The Bertz CT molecular complexity index is 761. The number of piperidine rings is 1. The Hall–Kier alpha value is -1.11. The molecule has 1 aliphatic carbocycles. The molecule has 1 heterocycles. The maximum absolute atomic E-state index is 12.9. The van der Waals surface area contributed by atoms with E-state index < -0.39 is 10.0 Å². The van der Waals surface area contributed by atoms with E-state index in [1.165, 1.54) is 23.6 Å². The Morgan fingerprint density at radius 2 is 1.71 bits per heavy atom. The number of hydrogen-bond donors (Lipinski definition) is 1. The van der Waals surface area contributed by atoms with Crippen molar-refractivity contribution in [3.8, 4) is 0 Å². The monoisotopic (exact) mass is 426 g/mol. The summed E-state index contributed by atoms with van der Waals surface area (Å²) in [5.41, 5.74) is 0.602. The van der Waals surface area contributed by atoms with E-state index in [9.17, 15) is 13.2 Å². The number of benzene rings is 1. The van der Waals surface area contributed by atoms with Crippen molar-refractivity contribution in [3.63, 3.8) is 0 Å². The minimum atomic E-state index is -3.50. The van der Waals surface area contributed by atoms with E-state index >= 15 is 0 Å². The zero-order chi connectivity index (χ0) is 20.0. The standard InChI is InChI=1S/C21H31ClN2O3S/c22-20-13-7-6-9-18(20)16-28(26,27)24-14-8-10-17(15-24)21(25)23-19-11-4-2-1-3-5-12-19/h6-7,9,13,17,19H,1-5,8,10-12,14-16H2,(H,23,25)/t17-/m1/s1. The summed E-state index contributed by atoms with van der Waals surface area (Å²) in [6.45, 7) is 0.741. The third kappa shape index (κ3) is 5.94. The molecule has 0 unspecified atom stereocenters. The molecule has 0 radical (unpaired) electrons. The molecule has 2 aliphatic rings. The molecular weight excluding hydrogens is 396 g/mol. The highest BCUT2D eigenvalue weighted by Gasteiger charge is 2.33. The second-order valence-corrected chi connectivity index (χ2v) is 10.5. The number of carbonyl (C=O) groups excluding carboxylic acids is 1. The molecule has 0 spiro atoms. The summed E-state index contributed by atoms with van der Waals surface area (Å²) in [6.07, 6.45) is 9.62. The van der Waals surface area contributed by atoms with Crippen molar-refractivity contribution in [2.24, 2.45) is 5.92 Å². The van der Waals surface area contributed by atoms with Crippen molar-refractivity contribution < 1.29 is 13.2 Å². The van der Waals surface area contributed by atoms with Gasteiger partial charge in [0.1, 0.15) is 0 Å². The van der Waals surface area contributed by atoms with Gasteiger partial charge in [0.05, 0.1) is 11.7 Å². The Morgan fingerprint density at radius 1 is 1.04 bits per heavy atom. The first-order chi connectivity index (χ1) is 13.5. The number of nitrogens with one attached hydrogen (secondary N) is 1. The first-order valence-electron chi connectivity index (χ1n) is 10.5. The lowest BCUT2D eigenvalue weighted by atomic mass is 9.94. The molecule has 28 heavy (non-hydrogen) atoms. The van der Waals surface area contributed by atoms with Crippen LogP contribution in [0.3, 0.4) is 0 Å². The van der Waals surface area contributed by atoms with Crippen LogP contribution in [0.15, 0.2) is 24.3 Å². The number of nitrogens with zero attached hydrogens (tertiary/aromatic N) is 1. The van der Waals surface area contributed by atoms with Crippen LogP contribution in [0.25, 0.3) is 0 Å². The number of halogens is 1. The van der Waals surface area contributed by atoms with Crippen LogP contribution in [0.1, 0.15) is 63.4 Å². The highest BCUT2D eigenvalue weighted by Crippen LogP contribution is 2.25. The van der Waals surface area contributed by atoms with Crippen molar-refractivity contribution in [3.05, 3.63) is 34.9 Å². The van der Waals surface area contributed by atoms with Crippen molar-refractivity contribution in [2.45, 2.75) is 69.6 Å². The molecule has 2 fully saturated rings. The molecule has 156 valence electrons. The van der Waals surface area contributed by atoms with Crippen molar-refractivity contribution in [1.82, 2.24) is 9.62 Å². The summed E-state index contributed by atoms with van der Waals surface area (Å²) in [6, 6.07) is 7.26. The smallest absolute Gasteiger partial charge is 0.224 e. The van der Waals surface area contributed by atoms with Gasteiger partial charge < -0.3 is 5.32 Å². The van der Waals surface area contributed by atoms with E-state index in [0.717, 1.165) is 32.1 Å². The summed E-state index contributed by atoms with van der Waals surface area (Å²) in [5.74, 6) is -0.368. The average Bonchev–Trinajstić information content (AvgIpc) is 2.65. The molecule has 0 aromatic heterocycles. The SMILES string of the molecule is O=C(NC1CCCCCCC1)[C@@H]1CCCN(S(=O)(=O)Cc2ccccc2Cl)C1. The van der Waals surface area contributed by atoms with Gasteiger partial charge in [-0.15, -0.1) is 0 Å². The third-order valence-electron chi connectivity index (χ3n) is 5.90. The topological polar surface area (TPSA) is 66.5 Å². The number of rotatable bonds is 5. The second-order valence-electron chi connectivity index (χ2n) is 8.10. The fraction of sp³-hybridized carbons (Fsp3) is 0.667. The van der Waals surface area contributed by atoms with Crippen LogP contribution in [-0.4, -0.2) is 37.8 Å². The fourth-order valence-corrected chi connectivity index (χ4v) is 6.16. The lowest BCUT2D eigenvalue weighted by molar-refractivity contribution is -0.126. The van der Waals surface area contributed by atoms with Gasteiger partial charge in [0.25, 0.3) is 0 Å². The number of hydrogen-bond acceptors (Lipinski definition) is 3. The largest absolute Gasteiger partial charge is 0.353 e. The van der Waals surface area contributed by atoms with Gasteiger partial charge in [-0.25, -0.2) is 12.7 Å².